The highest BCUT2D eigenvalue weighted by atomic mass is 16.5. The average Bonchev–Trinajstić information content (AvgIpc) is 2.53. The second-order valence-corrected chi connectivity index (χ2v) is 5.47. The number of alkyl carbamates (subject to hydrolysis) is 1. The first-order chi connectivity index (χ1) is 10.6. The largest absolute Gasteiger partial charge is 0.481 e. The maximum Gasteiger partial charge on any atom is 0.407 e. The van der Waals surface area contributed by atoms with Crippen molar-refractivity contribution in [2.75, 3.05) is 19.6 Å². The lowest BCUT2D eigenvalue weighted by atomic mass is 10.1. The average molecular weight is 306 g/mol. The standard InChI is InChI=1S/C16H22N2O4/c19-15(20)8-11-18-9-6-14(7-10-18)17-16(21)22-12-13-4-2-1-3-5-13/h1-5,14H,6-12H2,(H,17,21)(H,19,20). The fourth-order valence-corrected chi connectivity index (χ4v) is 2.49. The van der Waals surface area contributed by atoms with Gasteiger partial charge in [-0.3, -0.25) is 4.79 Å². The van der Waals surface area contributed by atoms with Gasteiger partial charge in [-0.05, 0) is 18.4 Å². The predicted molar refractivity (Wildman–Crippen MR) is 81.5 cm³/mol. The molecule has 6 nitrogen and oxygen atoms in total. The van der Waals surface area contributed by atoms with Gasteiger partial charge in [0.05, 0.1) is 6.42 Å². The van der Waals surface area contributed by atoms with Gasteiger partial charge in [0.1, 0.15) is 6.61 Å². The van der Waals surface area contributed by atoms with Crippen LogP contribution in [-0.4, -0.2) is 47.7 Å². The molecule has 6 heteroatoms. The maximum absolute atomic E-state index is 11.8. The van der Waals surface area contributed by atoms with Crippen LogP contribution in [0.3, 0.4) is 0 Å². The normalized spacial score (nSPS) is 16.2. The summed E-state index contributed by atoms with van der Waals surface area (Å²) in [5.74, 6) is -0.773. The Kier molecular flexibility index (Phi) is 6.21. The van der Waals surface area contributed by atoms with Gasteiger partial charge in [0.25, 0.3) is 0 Å². The minimum Gasteiger partial charge on any atom is -0.481 e. The number of hydrogen-bond acceptors (Lipinski definition) is 4. The number of piperidine rings is 1. The third-order valence-corrected chi connectivity index (χ3v) is 3.76. The van der Waals surface area contributed by atoms with Crippen LogP contribution < -0.4 is 5.32 Å². The number of carbonyl (C=O) groups is 2. The van der Waals surface area contributed by atoms with Crippen LogP contribution in [0, 0.1) is 0 Å². The predicted octanol–water partition coefficient (Wildman–Crippen LogP) is 1.85. The molecule has 0 radical (unpaired) electrons. The van der Waals surface area contributed by atoms with E-state index >= 15 is 0 Å². The van der Waals surface area contributed by atoms with E-state index in [9.17, 15) is 9.59 Å². The number of ether oxygens (including phenoxy) is 1. The highest BCUT2D eigenvalue weighted by Crippen LogP contribution is 2.11. The lowest BCUT2D eigenvalue weighted by Gasteiger charge is -2.31. The lowest BCUT2D eigenvalue weighted by molar-refractivity contribution is -0.137. The van der Waals surface area contributed by atoms with E-state index in [4.69, 9.17) is 9.84 Å². The third-order valence-electron chi connectivity index (χ3n) is 3.76. The van der Waals surface area contributed by atoms with Crippen molar-refractivity contribution < 1.29 is 19.4 Å². The molecule has 0 saturated carbocycles. The molecule has 22 heavy (non-hydrogen) atoms. The summed E-state index contributed by atoms with van der Waals surface area (Å²) in [6.07, 6.45) is 1.41. The summed E-state index contributed by atoms with van der Waals surface area (Å²) in [5, 5.41) is 11.5. The molecule has 1 aliphatic heterocycles. The monoisotopic (exact) mass is 306 g/mol. The fraction of sp³-hybridized carbons (Fsp3) is 0.500. The number of nitrogens with zero attached hydrogens (tertiary/aromatic N) is 1. The van der Waals surface area contributed by atoms with Crippen molar-refractivity contribution in [1.82, 2.24) is 10.2 Å². The van der Waals surface area contributed by atoms with Gasteiger partial charge in [0.2, 0.25) is 0 Å². The molecule has 120 valence electrons. The summed E-state index contributed by atoms with van der Waals surface area (Å²) >= 11 is 0. The first kappa shape index (κ1) is 16.3. The van der Waals surface area contributed by atoms with Crippen molar-refractivity contribution in [1.29, 1.82) is 0 Å². The molecule has 1 aromatic rings. The van der Waals surface area contributed by atoms with Crippen LogP contribution in [0.5, 0.6) is 0 Å². The van der Waals surface area contributed by atoms with Crippen molar-refractivity contribution >= 4 is 12.1 Å². The number of aliphatic carboxylic acids is 1. The molecule has 1 aliphatic rings. The Morgan fingerprint density at radius 2 is 1.91 bits per heavy atom. The second-order valence-electron chi connectivity index (χ2n) is 5.47. The van der Waals surface area contributed by atoms with Crippen LogP contribution in [0.15, 0.2) is 30.3 Å². The summed E-state index contributed by atoms with van der Waals surface area (Å²) < 4.78 is 5.20. The van der Waals surface area contributed by atoms with E-state index in [1.54, 1.807) is 0 Å². The van der Waals surface area contributed by atoms with Gasteiger partial charge in [0, 0.05) is 25.7 Å². The molecule has 2 rings (SSSR count). The van der Waals surface area contributed by atoms with Gasteiger partial charge >= 0.3 is 12.1 Å². The molecular formula is C16H22N2O4. The van der Waals surface area contributed by atoms with Crippen LogP contribution in [0.25, 0.3) is 0 Å². The van der Waals surface area contributed by atoms with Crippen molar-refractivity contribution in [3.05, 3.63) is 35.9 Å². The van der Waals surface area contributed by atoms with E-state index < -0.39 is 12.1 Å². The Morgan fingerprint density at radius 1 is 1.23 bits per heavy atom. The van der Waals surface area contributed by atoms with Crippen LogP contribution in [0.2, 0.25) is 0 Å². The minimum atomic E-state index is -0.773. The number of amides is 1. The summed E-state index contributed by atoms with van der Waals surface area (Å²) in [6.45, 7) is 2.44. The molecule has 0 aliphatic carbocycles. The molecule has 1 saturated heterocycles. The zero-order chi connectivity index (χ0) is 15.8. The van der Waals surface area contributed by atoms with Gasteiger partial charge in [-0.15, -0.1) is 0 Å². The first-order valence-corrected chi connectivity index (χ1v) is 7.55. The van der Waals surface area contributed by atoms with Gasteiger partial charge in [-0.2, -0.15) is 0 Å². The van der Waals surface area contributed by atoms with Crippen LogP contribution in [0.1, 0.15) is 24.8 Å². The first-order valence-electron chi connectivity index (χ1n) is 7.55. The number of carboxylic acid groups (broad SMARTS) is 1. The van der Waals surface area contributed by atoms with E-state index in [-0.39, 0.29) is 19.1 Å². The number of hydrogen-bond donors (Lipinski definition) is 2. The van der Waals surface area contributed by atoms with E-state index in [1.807, 2.05) is 30.3 Å². The Labute approximate surface area is 130 Å². The highest BCUT2D eigenvalue weighted by Gasteiger charge is 2.21. The van der Waals surface area contributed by atoms with Crippen molar-refractivity contribution in [2.45, 2.75) is 31.9 Å². The number of carbonyl (C=O) groups excluding carboxylic acids is 1. The molecule has 1 amide bonds. The molecule has 0 aromatic heterocycles. The molecule has 1 aromatic carbocycles. The molecule has 0 bridgehead atoms. The summed E-state index contributed by atoms with van der Waals surface area (Å²) in [7, 11) is 0. The summed E-state index contributed by atoms with van der Waals surface area (Å²) in [4.78, 5) is 24.4. The fourth-order valence-electron chi connectivity index (χ4n) is 2.49. The van der Waals surface area contributed by atoms with Crippen LogP contribution in [0.4, 0.5) is 4.79 Å². The number of rotatable bonds is 6. The molecule has 0 atom stereocenters. The summed E-state index contributed by atoms with van der Waals surface area (Å²) in [6, 6.07) is 9.65. The van der Waals surface area contributed by atoms with Crippen molar-refractivity contribution in [3.63, 3.8) is 0 Å². The number of nitrogens with one attached hydrogen (secondary N) is 1. The minimum absolute atomic E-state index is 0.101. The van der Waals surface area contributed by atoms with Gasteiger partial charge in [0.15, 0.2) is 0 Å². The Hall–Kier alpha value is -2.08. The SMILES string of the molecule is O=C(O)CCN1CCC(NC(=O)OCc2ccccc2)CC1. The third kappa shape index (κ3) is 5.73. The second kappa shape index (κ2) is 8.38. The van der Waals surface area contributed by atoms with E-state index in [2.05, 4.69) is 10.2 Å². The van der Waals surface area contributed by atoms with E-state index in [0.29, 0.717) is 6.54 Å². The smallest absolute Gasteiger partial charge is 0.407 e. The number of carboxylic acids is 1. The number of likely N-dealkylation sites (tertiary alicyclic amines) is 1. The molecule has 0 spiro atoms. The molecule has 0 unspecified atom stereocenters. The lowest BCUT2D eigenvalue weighted by Crippen LogP contribution is -2.45. The molecular weight excluding hydrogens is 284 g/mol. The van der Waals surface area contributed by atoms with Gasteiger partial charge < -0.3 is 20.1 Å². The van der Waals surface area contributed by atoms with Gasteiger partial charge in [-0.1, -0.05) is 30.3 Å². The Balaban J connectivity index is 1.63. The van der Waals surface area contributed by atoms with Crippen molar-refractivity contribution in [3.8, 4) is 0 Å². The van der Waals surface area contributed by atoms with E-state index in [0.717, 1.165) is 31.5 Å². The van der Waals surface area contributed by atoms with Crippen molar-refractivity contribution in [2.24, 2.45) is 0 Å². The van der Waals surface area contributed by atoms with E-state index in [1.165, 1.54) is 0 Å². The number of benzene rings is 1. The van der Waals surface area contributed by atoms with Crippen LogP contribution >= 0.6 is 0 Å². The molecule has 1 heterocycles. The van der Waals surface area contributed by atoms with Crippen LogP contribution in [-0.2, 0) is 16.1 Å². The molecule has 1 fully saturated rings. The Morgan fingerprint density at radius 3 is 2.55 bits per heavy atom. The van der Waals surface area contributed by atoms with Gasteiger partial charge in [-0.25, -0.2) is 4.79 Å². The molecule has 2 N–H and O–H groups in total. The maximum atomic E-state index is 11.8. The Bertz CT molecular complexity index is 484. The summed E-state index contributed by atoms with van der Waals surface area (Å²) in [5.41, 5.74) is 0.959. The quantitative estimate of drug-likeness (QED) is 0.838. The topological polar surface area (TPSA) is 78.9 Å². The zero-order valence-electron chi connectivity index (χ0n) is 12.5. The highest BCUT2D eigenvalue weighted by molar-refractivity contribution is 5.67. The zero-order valence-corrected chi connectivity index (χ0v) is 12.5.